The quantitative estimate of drug-likeness (QED) is 0.668. The molecule has 2 rings (SSSR count). The Hall–Kier alpha value is -1.49. The molecule has 0 atom stereocenters. The fourth-order valence-electron chi connectivity index (χ4n) is 1.71. The molecule has 0 radical (unpaired) electrons. The molecule has 2 heterocycles. The molecular formula is C12H15N3OS. The van der Waals surface area contributed by atoms with Gasteiger partial charge in [0, 0.05) is 36.4 Å². The SMILES string of the molecule is Cc1cc(C(=O)CSc2nccn2C)c(C)[nH]1. The van der Waals surface area contributed by atoms with Crippen molar-refractivity contribution in [3.8, 4) is 0 Å². The van der Waals surface area contributed by atoms with Crippen molar-refractivity contribution < 1.29 is 4.79 Å². The Bertz CT molecular complexity index is 542. The highest BCUT2D eigenvalue weighted by molar-refractivity contribution is 7.99. The van der Waals surface area contributed by atoms with E-state index in [1.165, 1.54) is 11.8 Å². The van der Waals surface area contributed by atoms with E-state index in [0.717, 1.165) is 22.1 Å². The van der Waals surface area contributed by atoms with Gasteiger partial charge in [-0.2, -0.15) is 0 Å². The van der Waals surface area contributed by atoms with Crippen molar-refractivity contribution in [2.75, 3.05) is 5.75 Å². The van der Waals surface area contributed by atoms with Gasteiger partial charge in [-0.25, -0.2) is 4.98 Å². The zero-order chi connectivity index (χ0) is 12.4. The predicted octanol–water partition coefficient (Wildman–Crippen LogP) is 2.34. The van der Waals surface area contributed by atoms with Crippen LogP contribution in [0.25, 0.3) is 0 Å². The summed E-state index contributed by atoms with van der Waals surface area (Å²) in [7, 11) is 1.92. The smallest absolute Gasteiger partial charge is 0.174 e. The van der Waals surface area contributed by atoms with Crippen molar-refractivity contribution in [1.82, 2.24) is 14.5 Å². The zero-order valence-electron chi connectivity index (χ0n) is 10.2. The molecule has 4 nitrogen and oxygen atoms in total. The lowest BCUT2D eigenvalue weighted by molar-refractivity contribution is 0.102. The Morgan fingerprint density at radius 2 is 2.29 bits per heavy atom. The molecule has 0 amide bonds. The van der Waals surface area contributed by atoms with Crippen LogP contribution in [0.2, 0.25) is 0 Å². The summed E-state index contributed by atoms with van der Waals surface area (Å²) in [4.78, 5) is 19.3. The van der Waals surface area contributed by atoms with Crippen molar-refractivity contribution in [3.63, 3.8) is 0 Å². The van der Waals surface area contributed by atoms with E-state index in [9.17, 15) is 4.79 Å². The minimum Gasteiger partial charge on any atom is -0.362 e. The van der Waals surface area contributed by atoms with Gasteiger partial charge in [0.2, 0.25) is 0 Å². The number of carbonyl (C=O) groups is 1. The standard InChI is InChI=1S/C12H15N3OS/c1-8-6-10(9(2)14-8)11(16)7-17-12-13-4-5-15(12)3/h4-6,14H,7H2,1-3H3. The van der Waals surface area contributed by atoms with Crippen molar-refractivity contribution in [3.05, 3.63) is 35.4 Å². The van der Waals surface area contributed by atoms with Crippen LogP contribution < -0.4 is 0 Å². The van der Waals surface area contributed by atoms with E-state index in [4.69, 9.17) is 0 Å². The lowest BCUT2D eigenvalue weighted by Gasteiger charge is -2.01. The molecule has 0 spiro atoms. The Balaban J connectivity index is 2.03. The fourth-order valence-corrected chi connectivity index (χ4v) is 2.53. The third-order valence-corrected chi connectivity index (χ3v) is 3.62. The summed E-state index contributed by atoms with van der Waals surface area (Å²) in [5, 5.41) is 0.864. The van der Waals surface area contributed by atoms with E-state index >= 15 is 0 Å². The maximum Gasteiger partial charge on any atom is 0.174 e. The van der Waals surface area contributed by atoms with E-state index < -0.39 is 0 Å². The molecule has 2 aromatic rings. The van der Waals surface area contributed by atoms with Crippen molar-refractivity contribution in [2.24, 2.45) is 7.05 Å². The average molecular weight is 249 g/mol. The number of aromatic amines is 1. The van der Waals surface area contributed by atoms with Crippen LogP contribution in [0.1, 0.15) is 21.7 Å². The number of hydrogen-bond acceptors (Lipinski definition) is 3. The molecule has 0 saturated heterocycles. The van der Waals surface area contributed by atoms with Crippen LogP contribution in [0.3, 0.4) is 0 Å². The van der Waals surface area contributed by atoms with E-state index in [1.807, 2.05) is 37.7 Å². The van der Waals surface area contributed by atoms with Gasteiger partial charge in [0.05, 0.1) is 5.75 Å². The van der Waals surface area contributed by atoms with Crippen LogP contribution in [-0.2, 0) is 7.05 Å². The third kappa shape index (κ3) is 2.61. The first-order chi connectivity index (χ1) is 8.08. The maximum atomic E-state index is 12.0. The first-order valence-corrected chi connectivity index (χ1v) is 6.36. The molecule has 17 heavy (non-hydrogen) atoms. The Labute approximate surface area is 104 Å². The second-order valence-corrected chi connectivity index (χ2v) is 4.97. The summed E-state index contributed by atoms with van der Waals surface area (Å²) in [5.41, 5.74) is 2.74. The van der Waals surface area contributed by atoms with E-state index in [-0.39, 0.29) is 5.78 Å². The van der Waals surface area contributed by atoms with Gasteiger partial charge in [0.15, 0.2) is 10.9 Å². The number of hydrogen-bond donors (Lipinski definition) is 1. The van der Waals surface area contributed by atoms with Gasteiger partial charge in [-0.15, -0.1) is 0 Å². The normalized spacial score (nSPS) is 10.8. The molecule has 0 aromatic carbocycles. The number of imidazole rings is 1. The molecule has 0 aliphatic carbocycles. The summed E-state index contributed by atoms with van der Waals surface area (Å²) >= 11 is 1.46. The summed E-state index contributed by atoms with van der Waals surface area (Å²) in [5.74, 6) is 0.558. The highest BCUT2D eigenvalue weighted by Gasteiger charge is 2.12. The lowest BCUT2D eigenvalue weighted by Crippen LogP contribution is -2.04. The number of rotatable bonds is 4. The summed E-state index contributed by atoms with van der Waals surface area (Å²) < 4.78 is 1.91. The van der Waals surface area contributed by atoms with E-state index in [0.29, 0.717) is 5.75 Å². The molecule has 5 heteroatoms. The van der Waals surface area contributed by atoms with Gasteiger partial charge in [-0.3, -0.25) is 4.79 Å². The molecule has 0 unspecified atom stereocenters. The molecule has 0 bridgehead atoms. The van der Waals surface area contributed by atoms with Crippen LogP contribution in [-0.4, -0.2) is 26.1 Å². The van der Waals surface area contributed by atoms with E-state index in [1.54, 1.807) is 6.20 Å². The molecule has 0 saturated carbocycles. The van der Waals surface area contributed by atoms with Crippen LogP contribution in [0, 0.1) is 13.8 Å². The predicted molar refractivity (Wildman–Crippen MR) is 68.5 cm³/mol. The first-order valence-electron chi connectivity index (χ1n) is 5.37. The van der Waals surface area contributed by atoms with Crippen molar-refractivity contribution in [2.45, 2.75) is 19.0 Å². The summed E-state index contributed by atoms with van der Waals surface area (Å²) in [6.45, 7) is 3.88. The second-order valence-electron chi connectivity index (χ2n) is 4.02. The van der Waals surface area contributed by atoms with Crippen molar-refractivity contribution in [1.29, 1.82) is 0 Å². The van der Waals surface area contributed by atoms with Gasteiger partial charge in [0.25, 0.3) is 0 Å². The van der Waals surface area contributed by atoms with E-state index in [2.05, 4.69) is 9.97 Å². The highest BCUT2D eigenvalue weighted by atomic mass is 32.2. The van der Waals surface area contributed by atoms with Crippen LogP contribution in [0.4, 0.5) is 0 Å². The number of thioether (sulfide) groups is 1. The van der Waals surface area contributed by atoms with Gasteiger partial charge in [-0.1, -0.05) is 11.8 Å². The lowest BCUT2D eigenvalue weighted by atomic mass is 10.2. The molecule has 0 aliphatic heterocycles. The number of aryl methyl sites for hydroxylation is 3. The van der Waals surface area contributed by atoms with Gasteiger partial charge in [-0.05, 0) is 19.9 Å². The minimum absolute atomic E-state index is 0.139. The van der Waals surface area contributed by atoms with Gasteiger partial charge < -0.3 is 9.55 Å². The van der Waals surface area contributed by atoms with Gasteiger partial charge >= 0.3 is 0 Å². The minimum atomic E-state index is 0.139. The Morgan fingerprint density at radius 3 is 2.82 bits per heavy atom. The summed E-state index contributed by atoms with van der Waals surface area (Å²) in [6, 6.07) is 1.90. The number of ketones is 1. The fraction of sp³-hybridized carbons (Fsp3) is 0.333. The molecule has 0 fully saturated rings. The number of Topliss-reactive ketones (excluding diaryl/α,β-unsaturated/α-hetero) is 1. The van der Waals surface area contributed by atoms with Gasteiger partial charge in [0.1, 0.15) is 0 Å². The Morgan fingerprint density at radius 1 is 1.53 bits per heavy atom. The van der Waals surface area contributed by atoms with Crippen LogP contribution >= 0.6 is 11.8 Å². The number of nitrogens with one attached hydrogen (secondary N) is 1. The number of aromatic nitrogens is 3. The maximum absolute atomic E-state index is 12.0. The van der Waals surface area contributed by atoms with Crippen LogP contribution in [0.15, 0.2) is 23.6 Å². The summed E-state index contributed by atoms with van der Waals surface area (Å²) in [6.07, 6.45) is 3.61. The second kappa shape index (κ2) is 4.79. The number of carbonyl (C=O) groups excluding carboxylic acids is 1. The molecule has 0 aliphatic rings. The monoisotopic (exact) mass is 249 g/mol. The molecule has 90 valence electrons. The Kier molecular flexibility index (Phi) is 3.38. The zero-order valence-corrected chi connectivity index (χ0v) is 11.0. The molecular weight excluding hydrogens is 234 g/mol. The largest absolute Gasteiger partial charge is 0.362 e. The number of nitrogens with zero attached hydrogens (tertiary/aromatic N) is 2. The molecule has 2 aromatic heterocycles. The van der Waals surface area contributed by atoms with Crippen LogP contribution in [0.5, 0.6) is 0 Å². The topological polar surface area (TPSA) is 50.7 Å². The third-order valence-electron chi connectivity index (χ3n) is 2.56. The average Bonchev–Trinajstić information content (AvgIpc) is 2.81. The highest BCUT2D eigenvalue weighted by Crippen LogP contribution is 2.18. The first kappa shape index (κ1) is 12.0. The number of H-pyrrole nitrogens is 1. The molecule has 1 N–H and O–H groups in total. The van der Waals surface area contributed by atoms with Crippen molar-refractivity contribution >= 4 is 17.5 Å².